The number of hydrogen-bond donors (Lipinski definition) is 1. The minimum atomic E-state index is -0.986. The molecule has 2 aliphatic heterocycles. The monoisotopic (exact) mass is 319 g/mol. The molecule has 6 heteroatoms. The van der Waals surface area contributed by atoms with E-state index in [0.717, 1.165) is 38.3 Å². The Hall–Kier alpha value is -1.66. The lowest BCUT2D eigenvalue weighted by molar-refractivity contribution is 0.0467. The molecule has 0 spiro atoms. The van der Waals surface area contributed by atoms with E-state index >= 15 is 0 Å². The van der Waals surface area contributed by atoms with Gasteiger partial charge in [0.25, 0.3) is 0 Å². The Morgan fingerprint density at radius 3 is 2.91 bits per heavy atom. The number of aromatic nitrogens is 1. The molecule has 1 N–H and O–H groups in total. The number of aromatic carboxylic acids is 1. The predicted octanol–water partition coefficient (Wildman–Crippen LogP) is 1.86. The van der Waals surface area contributed by atoms with Gasteiger partial charge in [-0.15, -0.1) is 0 Å². The van der Waals surface area contributed by atoms with Crippen LogP contribution in [0, 0.1) is 0 Å². The van der Waals surface area contributed by atoms with Gasteiger partial charge in [-0.25, -0.2) is 9.78 Å². The SMILES string of the molecule is O=C(O)c1cc(N2CCC(OCCN3CCCCC3)C2)ccn1. The zero-order valence-corrected chi connectivity index (χ0v) is 13.5. The van der Waals surface area contributed by atoms with E-state index in [0.29, 0.717) is 0 Å². The Labute approximate surface area is 137 Å². The number of piperidine rings is 1. The molecule has 0 amide bonds. The van der Waals surface area contributed by atoms with Crippen LogP contribution in [-0.4, -0.2) is 66.4 Å². The molecule has 2 aliphatic rings. The number of pyridine rings is 1. The van der Waals surface area contributed by atoms with Crippen LogP contribution in [0.2, 0.25) is 0 Å². The van der Waals surface area contributed by atoms with Crippen LogP contribution < -0.4 is 4.90 Å². The molecule has 2 saturated heterocycles. The summed E-state index contributed by atoms with van der Waals surface area (Å²) in [5.74, 6) is -0.986. The van der Waals surface area contributed by atoms with Crippen molar-refractivity contribution < 1.29 is 14.6 Å². The Balaban J connectivity index is 1.44. The van der Waals surface area contributed by atoms with Crippen molar-refractivity contribution in [1.82, 2.24) is 9.88 Å². The summed E-state index contributed by atoms with van der Waals surface area (Å²) < 4.78 is 6.02. The van der Waals surface area contributed by atoms with Gasteiger partial charge in [-0.3, -0.25) is 0 Å². The largest absolute Gasteiger partial charge is 0.477 e. The molecule has 126 valence electrons. The quantitative estimate of drug-likeness (QED) is 0.863. The van der Waals surface area contributed by atoms with Crippen LogP contribution in [0.15, 0.2) is 18.3 Å². The summed E-state index contributed by atoms with van der Waals surface area (Å²) >= 11 is 0. The second kappa shape index (κ2) is 7.75. The van der Waals surface area contributed by atoms with Crippen LogP contribution in [-0.2, 0) is 4.74 Å². The van der Waals surface area contributed by atoms with Gasteiger partial charge in [-0.1, -0.05) is 6.42 Å². The lowest BCUT2D eigenvalue weighted by atomic mass is 10.1. The highest BCUT2D eigenvalue weighted by Gasteiger charge is 2.24. The van der Waals surface area contributed by atoms with Crippen molar-refractivity contribution in [3.05, 3.63) is 24.0 Å². The summed E-state index contributed by atoms with van der Waals surface area (Å²) in [4.78, 5) is 19.5. The van der Waals surface area contributed by atoms with E-state index < -0.39 is 5.97 Å². The summed E-state index contributed by atoms with van der Waals surface area (Å²) in [5.41, 5.74) is 1.01. The van der Waals surface area contributed by atoms with Crippen molar-refractivity contribution in [3.63, 3.8) is 0 Å². The minimum Gasteiger partial charge on any atom is -0.477 e. The molecule has 23 heavy (non-hydrogen) atoms. The average Bonchev–Trinajstić information content (AvgIpc) is 3.05. The van der Waals surface area contributed by atoms with Gasteiger partial charge in [-0.2, -0.15) is 0 Å². The van der Waals surface area contributed by atoms with Crippen molar-refractivity contribution in [1.29, 1.82) is 0 Å². The highest BCUT2D eigenvalue weighted by Crippen LogP contribution is 2.22. The van der Waals surface area contributed by atoms with Gasteiger partial charge in [0, 0.05) is 31.5 Å². The van der Waals surface area contributed by atoms with Gasteiger partial charge < -0.3 is 19.6 Å². The molecule has 0 aliphatic carbocycles. The highest BCUT2D eigenvalue weighted by atomic mass is 16.5. The lowest BCUT2D eigenvalue weighted by Crippen LogP contribution is -2.34. The van der Waals surface area contributed by atoms with E-state index in [-0.39, 0.29) is 11.8 Å². The van der Waals surface area contributed by atoms with Gasteiger partial charge in [0.1, 0.15) is 5.69 Å². The summed E-state index contributed by atoms with van der Waals surface area (Å²) in [6, 6.07) is 3.50. The first kappa shape index (κ1) is 16.2. The van der Waals surface area contributed by atoms with Crippen molar-refractivity contribution in [3.8, 4) is 0 Å². The van der Waals surface area contributed by atoms with Crippen molar-refractivity contribution in [2.24, 2.45) is 0 Å². The third-order valence-electron chi connectivity index (χ3n) is 4.68. The van der Waals surface area contributed by atoms with Crippen molar-refractivity contribution >= 4 is 11.7 Å². The molecular weight excluding hydrogens is 294 g/mol. The van der Waals surface area contributed by atoms with E-state index in [9.17, 15) is 4.79 Å². The molecular formula is C17H25N3O3. The molecule has 0 aromatic carbocycles. The predicted molar refractivity (Wildman–Crippen MR) is 88.1 cm³/mol. The van der Waals surface area contributed by atoms with Gasteiger partial charge in [0.05, 0.1) is 12.7 Å². The van der Waals surface area contributed by atoms with Crippen LogP contribution >= 0.6 is 0 Å². The average molecular weight is 319 g/mol. The molecule has 1 atom stereocenters. The number of rotatable bonds is 6. The molecule has 3 heterocycles. The topological polar surface area (TPSA) is 65.9 Å². The fourth-order valence-corrected chi connectivity index (χ4v) is 3.36. The molecule has 0 saturated carbocycles. The summed E-state index contributed by atoms with van der Waals surface area (Å²) in [5, 5.41) is 9.03. The van der Waals surface area contributed by atoms with Gasteiger partial charge in [-0.05, 0) is 44.5 Å². The van der Waals surface area contributed by atoms with Crippen molar-refractivity contribution in [2.45, 2.75) is 31.8 Å². The first-order chi connectivity index (χ1) is 11.2. The summed E-state index contributed by atoms with van der Waals surface area (Å²) in [7, 11) is 0. The Bertz CT molecular complexity index is 532. The van der Waals surface area contributed by atoms with Gasteiger partial charge in [0.15, 0.2) is 0 Å². The second-order valence-corrected chi connectivity index (χ2v) is 6.33. The molecule has 1 unspecified atom stereocenters. The van der Waals surface area contributed by atoms with Crippen LogP contribution in [0.1, 0.15) is 36.2 Å². The maximum atomic E-state index is 11.0. The van der Waals surface area contributed by atoms with Crippen molar-refractivity contribution in [2.75, 3.05) is 44.2 Å². The molecule has 3 rings (SSSR count). The summed E-state index contributed by atoms with van der Waals surface area (Å²) in [6.45, 7) is 5.94. The molecule has 1 aromatic rings. The molecule has 2 fully saturated rings. The molecule has 1 aromatic heterocycles. The molecule has 6 nitrogen and oxygen atoms in total. The van der Waals surface area contributed by atoms with E-state index in [2.05, 4.69) is 14.8 Å². The maximum absolute atomic E-state index is 11.0. The Kier molecular flexibility index (Phi) is 5.46. The minimum absolute atomic E-state index is 0.0944. The highest BCUT2D eigenvalue weighted by molar-refractivity contribution is 5.86. The number of carboxylic acid groups (broad SMARTS) is 1. The van der Waals surface area contributed by atoms with E-state index in [4.69, 9.17) is 9.84 Å². The fourth-order valence-electron chi connectivity index (χ4n) is 3.36. The normalized spacial score (nSPS) is 22.4. The van der Waals surface area contributed by atoms with E-state index in [1.54, 1.807) is 12.3 Å². The number of nitrogens with zero attached hydrogens (tertiary/aromatic N) is 3. The third-order valence-corrected chi connectivity index (χ3v) is 4.68. The molecule has 0 radical (unpaired) electrons. The third kappa shape index (κ3) is 4.42. The number of ether oxygens (including phenoxy) is 1. The number of anilines is 1. The van der Waals surface area contributed by atoms with Crippen LogP contribution in [0.4, 0.5) is 5.69 Å². The maximum Gasteiger partial charge on any atom is 0.354 e. The first-order valence-electron chi connectivity index (χ1n) is 8.50. The Morgan fingerprint density at radius 1 is 1.30 bits per heavy atom. The standard InChI is InChI=1S/C17H25N3O3/c21-17(22)16-12-14(4-6-18-16)20-9-5-15(13-20)23-11-10-19-7-2-1-3-8-19/h4,6,12,15H,1-3,5,7-11,13H2,(H,21,22). The number of hydrogen-bond acceptors (Lipinski definition) is 5. The Morgan fingerprint density at radius 2 is 2.13 bits per heavy atom. The zero-order chi connectivity index (χ0) is 16.1. The van der Waals surface area contributed by atoms with Crippen LogP contribution in [0.25, 0.3) is 0 Å². The van der Waals surface area contributed by atoms with E-state index in [1.807, 2.05) is 6.07 Å². The second-order valence-electron chi connectivity index (χ2n) is 6.33. The number of carboxylic acids is 1. The lowest BCUT2D eigenvalue weighted by Gasteiger charge is -2.26. The smallest absolute Gasteiger partial charge is 0.354 e. The first-order valence-corrected chi connectivity index (χ1v) is 8.50. The number of carbonyl (C=O) groups is 1. The fraction of sp³-hybridized carbons (Fsp3) is 0.647. The van der Waals surface area contributed by atoms with Crippen LogP contribution in [0.3, 0.4) is 0 Å². The van der Waals surface area contributed by atoms with E-state index in [1.165, 1.54) is 32.4 Å². The molecule has 0 bridgehead atoms. The summed E-state index contributed by atoms with van der Waals surface area (Å²) in [6.07, 6.45) is 6.77. The number of likely N-dealkylation sites (tertiary alicyclic amines) is 1. The zero-order valence-electron chi connectivity index (χ0n) is 13.5. The van der Waals surface area contributed by atoms with Gasteiger partial charge in [0.2, 0.25) is 0 Å². The van der Waals surface area contributed by atoms with Crippen LogP contribution in [0.5, 0.6) is 0 Å². The van der Waals surface area contributed by atoms with Gasteiger partial charge >= 0.3 is 5.97 Å².